The van der Waals surface area contributed by atoms with Crippen LogP contribution in [0.3, 0.4) is 0 Å². The van der Waals surface area contributed by atoms with Crippen molar-refractivity contribution in [3.8, 4) is 0 Å². The molecule has 2 aliphatic heterocycles. The van der Waals surface area contributed by atoms with Crippen LogP contribution in [0.5, 0.6) is 0 Å². The topological polar surface area (TPSA) is 82.2 Å². The summed E-state index contributed by atoms with van der Waals surface area (Å²) in [6.07, 6.45) is 3.13. The number of carbonyl (C=O) groups is 3. The van der Waals surface area contributed by atoms with Crippen molar-refractivity contribution in [3.05, 3.63) is 71.8 Å². The number of piperidine rings is 1. The molecule has 2 aromatic rings. The molecule has 8 nitrogen and oxygen atoms in total. The summed E-state index contributed by atoms with van der Waals surface area (Å²) in [7, 11) is 0. The highest BCUT2D eigenvalue weighted by molar-refractivity contribution is 5.86. The Bertz CT molecular complexity index is 987. The van der Waals surface area contributed by atoms with Crippen LogP contribution in [0, 0.1) is 0 Å². The summed E-state index contributed by atoms with van der Waals surface area (Å²) in [5, 5.41) is 2.79. The Kier molecular flexibility index (Phi) is 9.33. The highest BCUT2D eigenvalue weighted by Gasteiger charge is 2.30. The molecule has 4 rings (SSSR count). The highest BCUT2D eigenvalue weighted by Crippen LogP contribution is 2.12. The van der Waals surface area contributed by atoms with E-state index in [1.807, 2.05) is 65.6 Å². The third-order valence-electron chi connectivity index (χ3n) is 6.84. The van der Waals surface area contributed by atoms with Gasteiger partial charge >= 0.3 is 6.09 Å². The molecule has 0 saturated carbocycles. The van der Waals surface area contributed by atoms with Crippen LogP contribution < -0.4 is 5.32 Å². The summed E-state index contributed by atoms with van der Waals surface area (Å²) in [5.74, 6) is 0.0526. The second kappa shape index (κ2) is 13.1. The summed E-state index contributed by atoms with van der Waals surface area (Å²) >= 11 is 0. The van der Waals surface area contributed by atoms with E-state index in [2.05, 4.69) is 10.2 Å². The fraction of sp³-hybridized carbons (Fsp3) is 0.464. The molecule has 2 aromatic carbocycles. The van der Waals surface area contributed by atoms with Crippen molar-refractivity contribution in [2.75, 3.05) is 45.8 Å². The minimum atomic E-state index is -0.725. The van der Waals surface area contributed by atoms with Crippen molar-refractivity contribution in [1.29, 1.82) is 0 Å². The number of likely N-dealkylation sites (tertiary alicyclic amines) is 1. The molecule has 2 heterocycles. The molecule has 0 bridgehead atoms. The Morgan fingerprint density at radius 3 is 2.00 bits per heavy atom. The largest absolute Gasteiger partial charge is 0.445 e. The first-order chi connectivity index (χ1) is 17.6. The second-order valence-corrected chi connectivity index (χ2v) is 9.49. The summed E-state index contributed by atoms with van der Waals surface area (Å²) < 4.78 is 5.38. The van der Waals surface area contributed by atoms with Gasteiger partial charge in [-0.15, -0.1) is 0 Å². The predicted octanol–water partition coefficient (Wildman–Crippen LogP) is 2.68. The summed E-state index contributed by atoms with van der Waals surface area (Å²) in [5.41, 5.74) is 1.85. The third kappa shape index (κ3) is 7.55. The maximum Gasteiger partial charge on any atom is 0.408 e. The first kappa shape index (κ1) is 25.7. The number of alkyl carbamates (subject to hydrolysis) is 1. The number of carbonyl (C=O) groups excluding carboxylic acids is 3. The molecule has 1 atom stereocenters. The number of hydrogen-bond donors (Lipinski definition) is 1. The molecule has 0 unspecified atom stereocenters. The van der Waals surface area contributed by atoms with Crippen LogP contribution in [0.15, 0.2) is 60.7 Å². The fourth-order valence-corrected chi connectivity index (χ4v) is 4.74. The molecule has 2 aliphatic rings. The zero-order valence-electron chi connectivity index (χ0n) is 20.8. The van der Waals surface area contributed by atoms with Gasteiger partial charge in [0.1, 0.15) is 12.6 Å². The van der Waals surface area contributed by atoms with Gasteiger partial charge in [0, 0.05) is 45.7 Å². The van der Waals surface area contributed by atoms with E-state index in [4.69, 9.17) is 4.74 Å². The summed E-state index contributed by atoms with van der Waals surface area (Å²) in [6.45, 7) is 4.58. The molecular weight excluding hydrogens is 456 g/mol. The standard InChI is InChI=1S/C28H36N4O4/c33-26(31-14-8-3-9-15-31)21-30-16-18-32(19-17-30)27(34)25(20-23-10-4-1-5-11-23)29-28(35)36-22-24-12-6-2-7-13-24/h1-2,4-7,10-13,25H,3,8-9,14-22H2,(H,29,35)/t25-/m0/s1. The van der Waals surface area contributed by atoms with Gasteiger partial charge in [-0.1, -0.05) is 60.7 Å². The molecule has 0 aromatic heterocycles. The van der Waals surface area contributed by atoms with E-state index in [9.17, 15) is 14.4 Å². The molecule has 192 valence electrons. The maximum absolute atomic E-state index is 13.5. The van der Waals surface area contributed by atoms with E-state index >= 15 is 0 Å². The van der Waals surface area contributed by atoms with E-state index in [0.717, 1.165) is 37.1 Å². The normalized spacial score (nSPS) is 17.3. The molecule has 0 aliphatic carbocycles. The molecule has 8 heteroatoms. The van der Waals surface area contributed by atoms with Gasteiger partial charge in [0.15, 0.2) is 0 Å². The Morgan fingerprint density at radius 2 is 1.36 bits per heavy atom. The lowest BCUT2D eigenvalue weighted by Gasteiger charge is -2.37. The number of rotatable bonds is 8. The number of amides is 3. The molecule has 2 fully saturated rings. The molecule has 36 heavy (non-hydrogen) atoms. The van der Waals surface area contributed by atoms with Gasteiger partial charge in [-0.05, 0) is 30.4 Å². The van der Waals surface area contributed by atoms with Crippen LogP contribution in [-0.4, -0.2) is 84.5 Å². The highest BCUT2D eigenvalue weighted by atomic mass is 16.5. The number of piperazine rings is 1. The number of nitrogens with zero attached hydrogens (tertiary/aromatic N) is 3. The van der Waals surface area contributed by atoms with Gasteiger partial charge in [0.05, 0.1) is 6.54 Å². The Hall–Kier alpha value is -3.39. The van der Waals surface area contributed by atoms with Crippen LogP contribution in [-0.2, 0) is 27.4 Å². The van der Waals surface area contributed by atoms with E-state index in [1.165, 1.54) is 6.42 Å². The first-order valence-electron chi connectivity index (χ1n) is 12.9. The van der Waals surface area contributed by atoms with Crippen LogP contribution >= 0.6 is 0 Å². The van der Waals surface area contributed by atoms with Gasteiger partial charge in [-0.2, -0.15) is 0 Å². The van der Waals surface area contributed by atoms with Gasteiger partial charge in [-0.25, -0.2) is 4.79 Å². The molecule has 1 N–H and O–H groups in total. The van der Waals surface area contributed by atoms with Crippen LogP contribution in [0.4, 0.5) is 4.79 Å². The summed E-state index contributed by atoms with van der Waals surface area (Å²) in [6, 6.07) is 18.4. The average Bonchev–Trinajstić information content (AvgIpc) is 2.93. The Balaban J connectivity index is 1.31. The molecule has 0 spiro atoms. The number of ether oxygens (including phenoxy) is 1. The van der Waals surface area contributed by atoms with Crippen molar-refractivity contribution in [2.24, 2.45) is 0 Å². The van der Waals surface area contributed by atoms with Gasteiger partial charge in [-0.3, -0.25) is 14.5 Å². The smallest absolute Gasteiger partial charge is 0.408 e. The predicted molar refractivity (Wildman–Crippen MR) is 137 cm³/mol. The molecule has 0 radical (unpaired) electrons. The van der Waals surface area contributed by atoms with Crippen LogP contribution in [0.25, 0.3) is 0 Å². The lowest BCUT2D eigenvalue weighted by molar-refractivity contribution is -0.136. The number of nitrogens with one attached hydrogen (secondary N) is 1. The monoisotopic (exact) mass is 492 g/mol. The van der Waals surface area contributed by atoms with E-state index in [0.29, 0.717) is 39.1 Å². The number of hydrogen-bond acceptors (Lipinski definition) is 5. The van der Waals surface area contributed by atoms with Crippen molar-refractivity contribution < 1.29 is 19.1 Å². The minimum Gasteiger partial charge on any atom is -0.445 e. The first-order valence-corrected chi connectivity index (χ1v) is 12.9. The molecule has 3 amide bonds. The van der Waals surface area contributed by atoms with Crippen molar-refractivity contribution in [2.45, 2.75) is 38.3 Å². The SMILES string of the molecule is O=C(N[C@@H](Cc1ccccc1)C(=O)N1CCN(CC(=O)N2CCCCC2)CC1)OCc1ccccc1. The molecule has 2 saturated heterocycles. The van der Waals surface area contributed by atoms with Crippen LogP contribution in [0.1, 0.15) is 30.4 Å². The van der Waals surface area contributed by atoms with Crippen molar-refractivity contribution >= 4 is 17.9 Å². The average molecular weight is 493 g/mol. The van der Waals surface area contributed by atoms with Crippen molar-refractivity contribution in [3.63, 3.8) is 0 Å². The second-order valence-electron chi connectivity index (χ2n) is 9.49. The van der Waals surface area contributed by atoms with E-state index in [-0.39, 0.29) is 18.4 Å². The molecular formula is C28H36N4O4. The Labute approximate surface area is 213 Å². The lowest BCUT2D eigenvalue weighted by Crippen LogP contribution is -2.56. The maximum atomic E-state index is 13.5. The minimum absolute atomic E-state index is 0.127. The van der Waals surface area contributed by atoms with Gasteiger partial charge in [0.2, 0.25) is 11.8 Å². The lowest BCUT2D eigenvalue weighted by atomic mass is 10.0. The van der Waals surface area contributed by atoms with Crippen LogP contribution in [0.2, 0.25) is 0 Å². The van der Waals surface area contributed by atoms with Gasteiger partial charge < -0.3 is 19.9 Å². The van der Waals surface area contributed by atoms with Gasteiger partial charge in [0.25, 0.3) is 0 Å². The van der Waals surface area contributed by atoms with E-state index < -0.39 is 12.1 Å². The quantitative estimate of drug-likeness (QED) is 0.613. The summed E-state index contributed by atoms with van der Waals surface area (Å²) in [4.78, 5) is 44.5. The fourth-order valence-electron chi connectivity index (χ4n) is 4.74. The van der Waals surface area contributed by atoms with E-state index in [1.54, 1.807) is 4.90 Å². The zero-order valence-corrected chi connectivity index (χ0v) is 20.8. The third-order valence-corrected chi connectivity index (χ3v) is 6.84. The van der Waals surface area contributed by atoms with Crippen molar-refractivity contribution in [1.82, 2.24) is 20.0 Å². The number of benzene rings is 2. The Morgan fingerprint density at radius 1 is 0.750 bits per heavy atom. The zero-order chi connectivity index (χ0) is 25.2.